The molecule has 0 aliphatic heterocycles. The van der Waals surface area contributed by atoms with Gasteiger partial charge in [0, 0.05) is 23.9 Å². The van der Waals surface area contributed by atoms with Crippen LogP contribution in [0.2, 0.25) is 0 Å². The number of fused-ring (bicyclic) bond motifs is 1. The third kappa shape index (κ3) is 1.46. The van der Waals surface area contributed by atoms with E-state index in [1.807, 2.05) is 0 Å². The SMILES string of the molecule is C[C@@H](N)c1c[nH]c2cccc([N+](=O)[O-])c12. The lowest BCUT2D eigenvalue weighted by atomic mass is 10.1. The summed E-state index contributed by atoms with van der Waals surface area (Å²) in [4.78, 5) is 13.4. The summed E-state index contributed by atoms with van der Waals surface area (Å²) in [6.45, 7) is 1.80. The summed E-state index contributed by atoms with van der Waals surface area (Å²) in [5, 5.41) is 11.4. The monoisotopic (exact) mass is 205 g/mol. The van der Waals surface area contributed by atoms with Crippen LogP contribution in [0.25, 0.3) is 10.9 Å². The predicted molar refractivity (Wildman–Crippen MR) is 57.6 cm³/mol. The highest BCUT2D eigenvalue weighted by atomic mass is 16.6. The smallest absolute Gasteiger partial charge is 0.279 e. The average molecular weight is 205 g/mol. The lowest BCUT2D eigenvalue weighted by Crippen LogP contribution is -2.04. The van der Waals surface area contributed by atoms with E-state index in [0.717, 1.165) is 11.1 Å². The Morgan fingerprint density at radius 3 is 2.87 bits per heavy atom. The maximum Gasteiger partial charge on any atom is 0.279 e. The Hall–Kier alpha value is -1.88. The van der Waals surface area contributed by atoms with Gasteiger partial charge in [-0.2, -0.15) is 0 Å². The molecule has 1 aromatic carbocycles. The Bertz CT molecular complexity index is 516. The van der Waals surface area contributed by atoms with Crippen molar-refractivity contribution in [3.05, 3.63) is 40.1 Å². The minimum atomic E-state index is -0.387. The van der Waals surface area contributed by atoms with Gasteiger partial charge < -0.3 is 10.7 Å². The van der Waals surface area contributed by atoms with Crippen molar-refractivity contribution >= 4 is 16.6 Å². The molecule has 0 saturated carbocycles. The fourth-order valence-corrected chi connectivity index (χ4v) is 1.70. The first kappa shape index (κ1) is 9.67. The number of hydrogen-bond acceptors (Lipinski definition) is 3. The normalized spacial score (nSPS) is 12.9. The molecule has 0 amide bonds. The van der Waals surface area contributed by atoms with Gasteiger partial charge in [-0.1, -0.05) is 6.07 Å². The van der Waals surface area contributed by atoms with Crippen LogP contribution in [0.4, 0.5) is 5.69 Å². The Morgan fingerprint density at radius 1 is 1.53 bits per heavy atom. The first-order chi connectivity index (χ1) is 7.11. The lowest BCUT2D eigenvalue weighted by molar-refractivity contribution is -0.383. The van der Waals surface area contributed by atoms with Crippen LogP contribution in [0.5, 0.6) is 0 Å². The van der Waals surface area contributed by atoms with Crippen molar-refractivity contribution < 1.29 is 4.92 Å². The Labute approximate surface area is 86.0 Å². The number of nitrogens with zero attached hydrogens (tertiary/aromatic N) is 1. The maximum absolute atomic E-state index is 10.8. The number of H-pyrrole nitrogens is 1. The summed E-state index contributed by atoms with van der Waals surface area (Å²) in [5.74, 6) is 0. The van der Waals surface area contributed by atoms with Crippen LogP contribution in [0, 0.1) is 10.1 Å². The number of nitro groups is 1. The van der Waals surface area contributed by atoms with Gasteiger partial charge in [-0.15, -0.1) is 0 Å². The molecule has 5 nitrogen and oxygen atoms in total. The summed E-state index contributed by atoms with van der Waals surface area (Å²) in [6, 6.07) is 4.72. The molecule has 0 aliphatic rings. The molecule has 1 aromatic heterocycles. The number of benzene rings is 1. The summed E-state index contributed by atoms with van der Waals surface area (Å²) in [7, 11) is 0. The molecule has 2 aromatic rings. The average Bonchev–Trinajstić information content (AvgIpc) is 2.60. The molecule has 0 radical (unpaired) electrons. The molecule has 78 valence electrons. The van der Waals surface area contributed by atoms with Gasteiger partial charge in [0.25, 0.3) is 5.69 Å². The van der Waals surface area contributed by atoms with Gasteiger partial charge in [-0.05, 0) is 13.0 Å². The molecule has 1 atom stereocenters. The van der Waals surface area contributed by atoms with Crippen molar-refractivity contribution in [2.45, 2.75) is 13.0 Å². The van der Waals surface area contributed by atoms with Gasteiger partial charge >= 0.3 is 0 Å². The number of rotatable bonds is 2. The standard InChI is InChI=1S/C10H11N3O2/c1-6(11)7-5-12-8-3-2-4-9(10(7)8)13(14)15/h2-6,12H,11H2,1H3/t6-/m1/s1. The van der Waals surface area contributed by atoms with E-state index in [9.17, 15) is 10.1 Å². The number of nitrogens with one attached hydrogen (secondary N) is 1. The highest BCUT2D eigenvalue weighted by molar-refractivity contribution is 5.92. The summed E-state index contributed by atoms with van der Waals surface area (Å²) < 4.78 is 0. The van der Waals surface area contributed by atoms with E-state index in [0.29, 0.717) is 5.39 Å². The van der Waals surface area contributed by atoms with Gasteiger partial charge in [-0.25, -0.2) is 0 Å². The van der Waals surface area contributed by atoms with E-state index >= 15 is 0 Å². The van der Waals surface area contributed by atoms with E-state index < -0.39 is 0 Å². The highest BCUT2D eigenvalue weighted by Gasteiger charge is 2.17. The lowest BCUT2D eigenvalue weighted by Gasteiger charge is -2.02. The maximum atomic E-state index is 10.8. The first-order valence-electron chi connectivity index (χ1n) is 4.61. The van der Waals surface area contributed by atoms with Crippen molar-refractivity contribution in [1.29, 1.82) is 0 Å². The molecule has 5 heteroatoms. The van der Waals surface area contributed by atoms with Gasteiger partial charge in [0.1, 0.15) is 0 Å². The van der Waals surface area contributed by atoms with Gasteiger partial charge in [0.2, 0.25) is 0 Å². The first-order valence-corrected chi connectivity index (χ1v) is 4.61. The quantitative estimate of drug-likeness (QED) is 0.581. The molecule has 0 bridgehead atoms. The number of non-ortho nitro benzene ring substituents is 1. The summed E-state index contributed by atoms with van der Waals surface area (Å²) >= 11 is 0. The number of nitro benzene ring substituents is 1. The molecular weight excluding hydrogens is 194 g/mol. The zero-order valence-electron chi connectivity index (χ0n) is 8.23. The van der Waals surface area contributed by atoms with Gasteiger partial charge in [0.05, 0.1) is 15.8 Å². The topological polar surface area (TPSA) is 85.0 Å². The van der Waals surface area contributed by atoms with E-state index in [2.05, 4.69) is 4.98 Å². The molecule has 0 spiro atoms. The van der Waals surface area contributed by atoms with Crippen molar-refractivity contribution in [2.24, 2.45) is 5.73 Å². The fraction of sp³-hybridized carbons (Fsp3) is 0.200. The second kappa shape index (κ2) is 3.36. The minimum absolute atomic E-state index is 0.0982. The third-order valence-electron chi connectivity index (χ3n) is 2.40. The highest BCUT2D eigenvalue weighted by Crippen LogP contribution is 2.30. The van der Waals surface area contributed by atoms with Crippen molar-refractivity contribution in [3.8, 4) is 0 Å². The molecule has 3 N–H and O–H groups in total. The van der Waals surface area contributed by atoms with Crippen molar-refractivity contribution in [3.63, 3.8) is 0 Å². The largest absolute Gasteiger partial charge is 0.361 e. The van der Waals surface area contributed by atoms with Crippen LogP contribution >= 0.6 is 0 Å². The molecule has 2 rings (SSSR count). The Morgan fingerprint density at radius 2 is 2.27 bits per heavy atom. The van der Waals surface area contributed by atoms with E-state index in [4.69, 9.17) is 5.73 Å². The predicted octanol–water partition coefficient (Wildman–Crippen LogP) is 2.10. The molecular formula is C10H11N3O2. The van der Waals surface area contributed by atoms with Crippen LogP contribution < -0.4 is 5.73 Å². The summed E-state index contributed by atoms with van der Waals surface area (Å²) in [5.41, 5.74) is 7.37. The molecule has 1 heterocycles. The van der Waals surface area contributed by atoms with Crippen LogP contribution in [-0.2, 0) is 0 Å². The van der Waals surface area contributed by atoms with E-state index in [-0.39, 0.29) is 16.7 Å². The molecule has 15 heavy (non-hydrogen) atoms. The van der Waals surface area contributed by atoms with Gasteiger partial charge in [0.15, 0.2) is 0 Å². The van der Waals surface area contributed by atoms with E-state index in [1.165, 1.54) is 6.07 Å². The van der Waals surface area contributed by atoms with Crippen LogP contribution in [0.3, 0.4) is 0 Å². The van der Waals surface area contributed by atoms with Crippen molar-refractivity contribution in [1.82, 2.24) is 4.98 Å². The number of nitrogens with two attached hydrogens (primary N) is 1. The fourth-order valence-electron chi connectivity index (χ4n) is 1.70. The molecule has 0 saturated heterocycles. The van der Waals surface area contributed by atoms with Crippen LogP contribution in [-0.4, -0.2) is 9.91 Å². The Kier molecular flexibility index (Phi) is 2.17. The zero-order chi connectivity index (χ0) is 11.0. The van der Waals surface area contributed by atoms with E-state index in [1.54, 1.807) is 25.3 Å². The summed E-state index contributed by atoms with van der Waals surface area (Å²) in [6.07, 6.45) is 1.72. The number of hydrogen-bond donors (Lipinski definition) is 2. The van der Waals surface area contributed by atoms with Crippen molar-refractivity contribution in [2.75, 3.05) is 0 Å². The number of aromatic nitrogens is 1. The second-order valence-electron chi connectivity index (χ2n) is 3.49. The minimum Gasteiger partial charge on any atom is -0.361 e. The number of aromatic amines is 1. The third-order valence-corrected chi connectivity index (χ3v) is 2.40. The Balaban J connectivity index is 2.80. The zero-order valence-corrected chi connectivity index (χ0v) is 8.23. The van der Waals surface area contributed by atoms with Crippen LogP contribution in [0.1, 0.15) is 18.5 Å². The van der Waals surface area contributed by atoms with Gasteiger partial charge in [-0.3, -0.25) is 10.1 Å². The molecule has 0 aliphatic carbocycles. The molecule has 0 fully saturated rings. The molecule has 0 unspecified atom stereocenters. The second-order valence-corrected chi connectivity index (χ2v) is 3.49. The van der Waals surface area contributed by atoms with Crippen LogP contribution in [0.15, 0.2) is 24.4 Å².